The first-order valence-corrected chi connectivity index (χ1v) is 11.0. The molecule has 0 aromatic heterocycles. The van der Waals surface area contributed by atoms with Crippen molar-refractivity contribution in [1.82, 2.24) is 15.1 Å². The fourth-order valence-corrected chi connectivity index (χ4v) is 5.74. The molecule has 0 radical (unpaired) electrons. The van der Waals surface area contributed by atoms with Crippen LogP contribution in [0, 0.1) is 23.7 Å². The van der Waals surface area contributed by atoms with Gasteiger partial charge in [-0.1, -0.05) is 13.8 Å². The average Bonchev–Trinajstić information content (AvgIpc) is 2.65. The molecule has 6 atom stereocenters. The summed E-state index contributed by atoms with van der Waals surface area (Å²) in [6.07, 6.45) is 7.70. The van der Waals surface area contributed by atoms with E-state index in [1.807, 2.05) is 0 Å². The summed E-state index contributed by atoms with van der Waals surface area (Å²) in [7, 11) is 0. The molecule has 1 saturated carbocycles. The van der Waals surface area contributed by atoms with Crippen molar-refractivity contribution in [2.75, 3.05) is 39.3 Å². The molecule has 0 aromatic carbocycles. The summed E-state index contributed by atoms with van der Waals surface area (Å²) in [5.74, 6) is 2.55. The lowest BCUT2D eigenvalue weighted by atomic mass is 9.67. The molecular weight excluding hydrogens is 326 g/mol. The lowest BCUT2D eigenvalue weighted by Crippen LogP contribution is -2.57. The van der Waals surface area contributed by atoms with Crippen molar-refractivity contribution in [3.63, 3.8) is 0 Å². The van der Waals surface area contributed by atoms with E-state index in [4.69, 9.17) is 4.74 Å². The molecule has 148 valence electrons. The number of fused-ring (bicyclic) bond motifs is 1. The molecule has 3 saturated heterocycles. The highest BCUT2D eigenvalue weighted by atomic mass is 16.5. The second kappa shape index (κ2) is 8.15. The van der Waals surface area contributed by atoms with Gasteiger partial charge in [0, 0.05) is 45.1 Å². The van der Waals surface area contributed by atoms with Crippen molar-refractivity contribution in [2.24, 2.45) is 23.7 Å². The number of rotatable bonds is 3. The molecule has 0 spiro atoms. The molecule has 0 amide bonds. The maximum Gasteiger partial charge on any atom is 0.306 e. The topological polar surface area (TPSA) is 44.8 Å². The van der Waals surface area contributed by atoms with Gasteiger partial charge in [0.25, 0.3) is 0 Å². The summed E-state index contributed by atoms with van der Waals surface area (Å²) < 4.78 is 5.75. The maximum atomic E-state index is 12.2. The highest BCUT2D eigenvalue weighted by Crippen LogP contribution is 2.43. The standard InChI is InChI=1S/C21H37N3O2/c1-15-11-18-17(13-21(25)26-19(18)12-16(15)2)14-23-7-9-24(10-8-23)20-5-3-4-6-22-20/h15-20,22H,3-14H2,1-2H3. The van der Waals surface area contributed by atoms with E-state index in [1.54, 1.807) is 0 Å². The Kier molecular flexibility index (Phi) is 5.87. The number of piperidine rings is 1. The van der Waals surface area contributed by atoms with Crippen LogP contribution in [0.5, 0.6) is 0 Å². The number of carbonyl (C=O) groups excluding carboxylic acids is 1. The Morgan fingerprint density at radius 2 is 1.85 bits per heavy atom. The second-order valence-electron chi connectivity index (χ2n) is 9.38. The molecule has 4 fully saturated rings. The normalized spacial score (nSPS) is 42.9. The minimum atomic E-state index is 0.0445. The number of hydrogen-bond acceptors (Lipinski definition) is 5. The van der Waals surface area contributed by atoms with Crippen LogP contribution >= 0.6 is 0 Å². The van der Waals surface area contributed by atoms with E-state index >= 15 is 0 Å². The monoisotopic (exact) mass is 363 g/mol. The summed E-state index contributed by atoms with van der Waals surface area (Å²) in [6, 6.07) is 0. The third-order valence-electron chi connectivity index (χ3n) is 7.64. The lowest BCUT2D eigenvalue weighted by Gasteiger charge is -2.47. The van der Waals surface area contributed by atoms with Gasteiger partial charge in [0.05, 0.1) is 6.17 Å². The first kappa shape index (κ1) is 18.7. The predicted octanol–water partition coefficient (Wildman–Crippen LogP) is 2.32. The SMILES string of the molecule is CC1CC2OC(=O)CC(CN3CCN(C4CCCCN4)CC3)C2CC1C. The van der Waals surface area contributed by atoms with Crippen LogP contribution in [0.25, 0.3) is 0 Å². The maximum absolute atomic E-state index is 12.2. The van der Waals surface area contributed by atoms with Gasteiger partial charge in [-0.15, -0.1) is 0 Å². The molecule has 6 unspecified atom stereocenters. The fraction of sp³-hybridized carbons (Fsp3) is 0.952. The Morgan fingerprint density at radius 1 is 1.08 bits per heavy atom. The number of carbonyl (C=O) groups is 1. The van der Waals surface area contributed by atoms with Gasteiger partial charge in [0.15, 0.2) is 0 Å². The third-order valence-corrected chi connectivity index (χ3v) is 7.64. The highest BCUT2D eigenvalue weighted by molar-refractivity contribution is 5.71. The van der Waals surface area contributed by atoms with Crippen molar-refractivity contribution >= 4 is 5.97 Å². The average molecular weight is 364 g/mol. The molecular formula is C21H37N3O2. The number of ether oxygens (including phenoxy) is 1. The molecule has 3 heterocycles. The van der Waals surface area contributed by atoms with Crippen LogP contribution < -0.4 is 5.32 Å². The van der Waals surface area contributed by atoms with E-state index in [1.165, 1.54) is 32.2 Å². The second-order valence-corrected chi connectivity index (χ2v) is 9.38. The van der Waals surface area contributed by atoms with Gasteiger partial charge in [-0.25, -0.2) is 0 Å². The van der Waals surface area contributed by atoms with E-state index in [0.29, 0.717) is 30.3 Å². The smallest absolute Gasteiger partial charge is 0.306 e. The van der Waals surface area contributed by atoms with E-state index < -0.39 is 0 Å². The molecule has 1 aliphatic carbocycles. The predicted molar refractivity (Wildman–Crippen MR) is 103 cm³/mol. The van der Waals surface area contributed by atoms with Gasteiger partial charge < -0.3 is 15.0 Å². The first-order chi connectivity index (χ1) is 12.6. The zero-order valence-electron chi connectivity index (χ0n) is 16.7. The molecule has 3 aliphatic heterocycles. The van der Waals surface area contributed by atoms with Gasteiger partial charge in [-0.05, 0) is 56.4 Å². The quantitative estimate of drug-likeness (QED) is 0.780. The molecule has 1 N–H and O–H groups in total. The summed E-state index contributed by atoms with van der Waals surface area (Å²) in [4.78, 5) is 17.4. The Bertz CT molecular complexity index is 486. The molecule has 4 aliphatic rings. The Labute approximate surface area is 158 Å². The largest absolute Gasteiger partial charge is 0.462 e. The number of hydrogen-bond donors (Lipinski definition) is 1. The lowest BCUT2D eigenvalue weighted by molar-refractivity contribution is -0.170. The van der Waals surface area contributed by atoms with E-state index in [9.17, 15) is 4.79 Å². The van der Waals surface area contributed by atoms with Crippen molar-refractivity contribution in [1.29, 1.82) is 0 Å². The zero-order chi connectivity index (χ0) is 18.1. The van der Waals surface area contributed by atoms with Gasteiger partial charge in [-0.2, -0.15) is 0 Å². The van der Waals surface area contributed by atoms with Crippen LogP contribution in [-0.2, 0) is 9.53 Å². The summed E-state index contributed by atoms with van der Waals surface area (Å²) >= 11 is 0. The third kappa shape index (κ3) is 4.10. The van der Waals surface area contributed by atoms with Crippen molar-refractivity contribution < 1.29 is 9.53 Å². The number of esters is 1. The van der Waals surface area contributed by atoms with Gasteiger partial charge in [0.2, 0.25) is 0 Å². The van der Waals surface area contributed by atoms with Gasteiger partial charge in [0.1, 0.15) is 6.10 Å². The Morgan fingerprint density at radius 3 is 2.58 bits per heavy atom. The number of piperazine rings is 1. The minimum absolute atomic E-state index is 0.0445. The van der Waals surface area contributed by atoms with E-state index in [2.05, 4.69) is 29.0 Å². The fourth-order valence-electron chi connectivity index (χ4n) is 5.74. The van der Waals surface area contributed by atoms with Crippen LogP contribution in [-0.4, -0.2) is 67.3 Å². The number of nitrogens with one attached hydrogen (secondary N) is 1. The van der Waals surface area contributed by atoms with Gasteiger partial charge in [-0.3, -0.25) is 9.69 Å². The van der Waals surface area contributed by atoms with E-state index in [0.717, 1.165) is 45.1 Å². The molecule has 5 nitrogen and oxygen atoms in total. The summed E-state index contributed by atoms with van der Waals surface area (Å²) in [5.41, 5.74) is 0. The van der Waals surface area contributed by atoms with Crippen LogP contribution in [0.4, 0.5) is 0 Å². The molecule has 0 bridgehead atoms. The molecule has 0 aromatic rings. The highest BCUT2D eigenvalue weighted by Gasteiger charge is 2.44. The molecule has 5 heteroatoms. The van der Waals surface area contributed by atoms with Gasteiger partial charge >= 0.3 is 5.97 Å². The summed E-state index contributed by atoms with van der Waals surface area (Å²) in [5, 5.41) is 3.68. The molecule has 4 rings (SSSR count). The van der Waals surface area contributed by atoms with Crippen molar-refractivity contribution in [3.8, 4) is 0 Å². The number of nitrogens with zero attached hydrogens (tertiary/aromatic N) is 2. The zero-order valence-corrected chi connectivity index (χ0v) is 16.7. The Hall–Kier alpha value is -0.650. The van der Waals surface area contributed by atoms with Crippen LogP contribution in [0.1, 0.15) is 52.4 Å². The first-order valence-electron chi connectivity index (χ1n) is 11.0. The van der Waals surface area contributed by atoms with Crippen molar-refractivity contribution in [3.05, 3.63) is 0 Å². The summed E-state index contributed by atoms with van der Waals surface area (Å²) in [6.45, 7) is 11.6. The minimum Gasteiger partial charge on any atom is -0.462 e. The van der Waals surface area contributed by atoms with Crippen LogP contribution in [0.15, 0.2) is 0 Å². The van der Waals surface area contributed by atoms with E-state index in [-0.39, 0.29) is 12.1 Å². The van der Waals surface area contributed by atoms with Crippen molar-refractivity contribution in [2.45, 2.75) is 64.6 Å². The van der Waals surface area contributed by atoms with Crippen LogP contribution in [0.2, 0.25) is 0 Å². The Balaban J connectivity index is 1.31. The molecule has 26 heavy (non-hydrogen) atoms. The van der Waals surface area contributed by atoms with Crippen LogP contribution in [0.3, 0.4) is 0 Å².